The highest BCUT2D eigenvalue weighted by molar-refractivity contribution is 7.18. The van der Waals surface area contributed by atoms with E-state index in [1.54, 1.807) is 6.07 Å². The van der Waals surface area contributed by atoms with Gasteiger partial charge in [-0.1, -0.05) is 0 Å². The van der Waals surface area contributed by atoms with Gasteiger partial charge in [-0.3, -0.25) is 0 Å². The SMILES string of the molecule is COC(=O)c1sc(N)c(C(=O)OC)c1COC(=O)c1ccc(OC)cc1OC. The van der Waals surface area contributed by atoms with Crippen molar-refractivity contribution in [3.63, 3.8) is 0 Å². The topological polar surface area (TPSA) is 123 Å². The van der Waals surface area contributed by atoms with Gasteiger partial charge in [0.05, 0.1) is 28.4 Å². The number of hydrogen-bond acceptors (Lipinski definition) is 10. The average molecular weight is 409 g/mol. The van der Waals surface area contributed by atoms with Crippen LogP contribution in [0, 0.1) is 0 Å². The molecular weight excluding hydrogens is 390 g/mol. The van der Waals surface area contributed by atoms with Gasteiger partial charge in [-0.15, -0.1) is 11.3 Å². The molecule has 150 valence electrons. The minimum absolute atomic E-state index is 0.0394. The van der Waals surface area contributed by atoms with Gasteiger partial charge in [-0.25, -0.2) is 14.4 Å². The molecule has 0 saturated heterocycles. The van der Waals surface area contributed by atoms with Crippen LogP contribution in [-0.4, -0.2) is 46.3 Å². The predicted molar refractivity (Wildman–Crippen MR) is 100 cm³/mol. The number of thiophene rings is 1. The molecule has 0 saturated carbocycles. The summed E-state index contributed by atoms with van der Waals surface area (Å²) in [7, 11) is 5.25. The summed E-state index contributed by atoms with van der Waals surface area (Å²) in [6.45, 7) is -0.392. The summed E-state index contributed by atoms with van der Waals surface area (Å²) < 4.78 is 25.0. The Hall–Kier alpha value is -3.27. The van der Waals surface area contributed by atoms with Gasteiger partial charge in [0.25, 0.3) is 0 Å². The molecule has 0 aliphatic rings. The van der Waals surface area contributed by atoms with E-state index in [1.807, 2.05) is 0 Å². The van der Waals surface area contributed by atoms with Crippen molar-refractivity contribution in [3.05, 3.63) is 39.8 Å². The van der Waals surface area contributed by atoms with Gasteiger partial charge in [-0.05, 0) is 12.1 Å². The molecule has 0 amide bonds. The van der Waals surface area contributed by atoms with Gasteiger partial charge in [0, 0.05) is 11.6 Å². The number of nitrogen functional groups attached to an aromatic ring is 1. The molecule has 0 aliphatic carbocycles. The lowest BCUT2D eigenvalue weighted by Gasteiger charge is -2.11. The highest BCUT2D eigenvalue weighted by Gasteiger charge is 2.28. The summed E-state index contributed by atoms with van der Waals surface area (Å²) in [6.07, 6.45) is 0. The van der Waals surface area contributed by atoms with E-state index in [0.29, 0.717) is 5.75 Å². The number of carbonyl (C=O) groups is 3. The Bertz CT molecular complexity index is 905. The van der Waals surface area contributed by atoms with Crippen LogP contribution in [0.5, 0.6) is 11.5 Å². The molecule has 9 nitrogen and oxygen atoms in total. The molecule has 2 N–H and O–H groups in total. The molecule has 2 rings (SSSR count). The molecule has 2 aromatic rings. The Morgan fingerprint density at radius 3 is 2.21 bits per heavy atom. The second-order valence-electron chi connectivity index (χ2n) is 5.27. The second-order valence-corrected chi connectivity index (χ2v) is 6.33. The molecule has 0 radical (unpaired) electrons. The Balaban J connectivity index is 2.34. The highest BCUT2D eigenvalue weighted by atomic mass is 32.1. The summed E-state index contributed by atoms with van der Waals surface area (Å²) in [6, 6.07) is 4.57. The monoisotopic (exact) mass is 409 g/mol. The lowest BCUT2D eigenvalue weighted by atomic mass is 10.1. The summed E-state index contributed by atoms with van der Waals surface area (Å²) in [5.41, 5.74) is 6.06. The first-order valence-electron chi connectivity index (χ1n) is 7.84. The number of ether oxygens (including phenoxy) is 5. The minimum Gasteiger partial charge on any atom is -0.497 e. The molecule has 0 bridgehead atoms. The maximum Gasteiger partial charge on any atom is 0.348 e. The van der Waals surface area contributed by atoms with Gasteiger partial charge in [0.2, 0.25) is 0 Å². The van der Waals surface area contributed by atoms with Crippen molar-refractivity contribution in [3.8, 4) is 11.5 Å². The molecule has 1 heterocycles. The molecule has 28 heavy (non-hydrogen) atoms. The predicted octanol–water partition coefficient (Wildman–Crippen LogP) is 2.28. The van der Waals surface area contributed by atoms with Crippen LogP contribution in [0.3, 0.4) is 0 Å². The first-order valence-corrected chi connectivity index (χ1v) is 8.66. The van der Waals surface area contributed by atoms with Crippen molar-refractivity contribution in [2.45, 2.75) is 6.61 Å². The molecule has 10 heteroatoms. The number of nitrogens with two attached hydrogens (primary N) is 1. The van der Waals surface area contributed by atoms with Crippen molar-refractivity contribution < 1.29 is 38.1 Å². The third-order valence-electron chi connectivity index (χ3n) is 3.77. The van der Waals surface area contributed by atoms with Crippen LogP contribution in [0.4, 0.5) is 5.00 Å². The Morgan fingerprint density at radius 2 is 1.64 bits per heavy atom. The summed E-state index contributed by atoms with van der Waals surface area (Å²) in [4.78, 5) is 36.6. The fraction of sp³-hybridized carbons (Fsp3) is 0.278. The fourth-order valence-electron chi connectivity index (χ4n) is 2.39. The van der Waals surface area contributed by atoms with Crippen molar-refractivity contribution in [2.24, 2.45) is 0 Å². The number of methoxy groups -OCH3 is 4. The van der Waals surface area contributed by atoms with Gasteiger partial charge in [0.1, 0.15) is 39.1 Å². The van der Waals surface area contributed by atoms with Crippen molar-refractivity contribution >= 4 is 34.2 Å². The Kier molecular flexibility index (Phi) is 6.83. The summed E-state index contributed by atoms with van der Waals surface area (Å²) in [5.74, 6) is -1.44. The van der Waals surface area contributed by atoms with E-state index in [4.69, 9.17) is 29.4 Å². The van der Waals surface area contributed by atoms with E-state index < -0.39 is 24.5 Å². The molecule has 0 atom stereocenters. The average Bonchev–Trinajstić information content (AvgIpc) is 3.06. The number of benzene rings is 1. The zero-order chi connectivity index (χ0) is 20.8. The molecular formula is C18H19NO8S. The van der Waals surface area contributed by atoms with Crippen LogP contribution < -0.4 is 15.2 Å². The van der Waals surface area contributed by atoms with E-state index in [-0.39, 0.29) is 32.3 Å². The zero-order valence-corrected chi connectivity index (χ0v) is 16.5. The first kappa shape index (κ1) is 21.0. The summed E-state index contributed by atoms with van der Waals surface area (Å²) >= 11 is 0.847. The molecule has 1 aromatic heterocycles. The van der Waals surface area contributed by atoms with Gasteiger partial charge in [0.15, 0.2) is 0 Å². The molecule has 1 aromatic carbocycles. The number of anilines is 1. The molecule has 0 aliphatic heterocycles. The van der Waals surface area contributed by atoms with E-state index in [0.717, 1.165) is 11.3 Å². The van der Waals surface area contributed by atoms with Crippen molar-refractivity contribution in [1.29, 1.82) is 0 Å². The van der Waals surface area contributed by atoms with E-state index in [1.165, 1.54) is 40.6 Å². The smallest absolute Gasteiger partial charge is 0.348 e. The maximum atomic E-state index is 12.5. The van der Waals surface area contributed by atoms with Crippen LogP contribution in [-0.2, 0) is 20.8 Å². The standard InChI is InChI=1S/C18H19NO8S/c1-23-9-5-6-10(12(7-9)24-2)16(20)27-8-11-13(17(21)25-3)15(19)28-14(11)18(22)26-4/h5-7H,8,19H2,1-4H3. The number of rotatable bonds is 7. The summed E-state index contributed by atoms with van der Waals surface area (Å²) in [5, 5.41) is 0.0559. The van der Waals surface area contributed by atoms with Gasteiger partial charge in [-0.2, -0.15) is 0 Å². The normalized spacial score (nSPS) is 10.1. The lowest BCUT2D eigenvalue weighted by molar-refractivity contribution is 0.0449. The first-order chi connectivity index (χ1) is 13.4. The van der Waals surface area contributed by atoms with Gasteiger partial charge >= 0.3 is 17.9 Å². The lowest BCUT2D eigenvalue weighted by Crippen LogP contribution is -2.13. The third-order valence-corrected chi connectivity index (χ3v) is 4.81. The number of carbonyl (C=O) groups excluding carboxylic acids is 3. The number of hydrogen-bond donors (Lipinski definition) is 1. The quantitative estimate of drug-likeness (QED) is 0.542. The van der Waals surface area contributed by atoms with Crippen molar-refractivity contribution in [1.82, 2.24) is 0 Å². The van der Waals surface area contributed by atoms with Crippen LogP contribution in [0.1, 0.15) is 36.0 Å². The van der Waals surface area contributed by atoms with Crippen LogP contribution in [0.2, 0.25) is 0 Å². The number of esters is 3. The highest BCUT2D eigenvalue weighted by Crippen LogP contribution is 2.33. The minimum atomic E-state index is -0.753. The second kappa shape index (κ2) is 9.09. The van der Waals surface area contributed by atoms with Crippen LogP contribution in [0.25, 0.3) is 0 Å². The third kappa shape index (κ3) is 4.17. The Morgan fingerprint density at radius 1 is 0.964 bits per heavy atom. The molecule has 0 fully saturated rings. The Labute approximate surface area is 164 Å². The van der Waals surface area contributed by atoms with Crippen LogP contribution in [0.15, 0.2) is 18.2 Å². The largest absolute Gasteiger partial charge is 0.497 e. The molecule has 0 spiro atoms. The van der Waals surface area contributed by atoms with Crippen LogP contribution >= 0.6 is 11.3 Å². The van der Waals surface area contributed by atoms with E-state index in [2.05, 4.69) is 0 Å². The van der Waals surface area contributed by atoms with E-state index >= 15 is 0 Å². The molecule has 0 unspecified atom stereocenters. The maximum absolute atomic E-state index is 12.5. The zero-order valence-electron chi connectivity index (χ0n) is 15.7. The van der Waals surface area contributed by atoms with E-state index in [9.17, 15) is 14.4 Å². The van der Waals surface area contributed by atoms with Gasteiger partial charge < -0.3 is 29.4 Å². The fourth-order valence-corrected chi connectivity index (χ4v) is 3.37. The van der Waals surface area contributed by atoms with Crippen molar-refractivity contribution in [2.75, 3.05) is 34.2 Å².